The van der Waals surface area contributed by atoms with Crippen molar-refractivity contribution in [1.82, 2.24) is 20.4 Å². The number of guanidine groups is 1. The molecule has 7 nitrogen and oxygen atoms in total. The maximum atomic E-state index is 6.50. The van der Waals surface area contributed by atoms with Crippen LogP contribution < -0.4 is 15.4 Å². The lowest BCUT2D eigenvalue weighted by molar-refractivity contribution is 0.0396. The predicted molar refractivity (Wildman–Crippen MR) is 138 cm³/mol. The number of aromatic nitrogens is 2. The molecule has 176 valence electrons. The van der Waals surface area contributed by atoms with Crippen molar-refractivity contribution < 1.29 is 9.47 Å². The maximum absolute atomic E-state index is 6.50. The third-order valence-electron chi connectivity index (χ3n) is 6.72. The fourth-order valence-electron chi connectivity index (χ4n) is 4.99. The Labute approximate surface area is 208 Å². The minimum absolute atomic E-state index is 0. The molecule has 2 heterocycles. The summed E-state index contributed by atoms with van der Waals surface area (Å²) in [7, 11) is 3.54. The minimum Gasteiger partial charge on any atom is -0.487 e. The van der Waals surface area contributed by atoms with Crippen LogP contribution in [-0.4, -0.2) is 42.1 Å². The van der Waals surface area contributed by atoms with E-state index in [0.29, 0.717) is 13.2 Å². The van der Waals surface area contributed by atoms with Gasteiger partial charge in [-0.15, -0.1) is 24.0 Å². The number of hydrogen-bond acceptors (Lipinski definition) is 4. The van der Waals surface area contributed by atoms with Gasteiger partial charge in [-0.25, -0.2) is 0 Å². The van der Waals surface area contributed by atoms with Gasteiger partial charge in [-0.3, -0.25) is 9.67 Å². The molecule has 8 heteroatoms. The van der Waals surface area contributed by atoms with Gasteiger partial charge < -0.3 is 20.1 Å². The number of fused-ring (bicyclic) bond motifs is 1. The molecule has 1 aromatic carbocycles. The Balaban J connectivity index is 0.00000289. The number of aliphatic imine (C=N–C) groups is 1. The highest BCUT2D eigenvalue weighted by atomic mass is 127. The third kappa shape index (κ3) is 5.22. The Morgan fingerprint density at radius 1 is 1.28 bits per heavy atom. The number of halogens is 1. The third-order valence-corrected chi connectivity index (χ3v) is 6.72. The van der Waals surface area contributed by atoms with Crippen molar-refractivity contribution in [2.24, 2.45) is 4.99 Å². The van der Waals surface area contributed by atoms with Crippen LogP contribution in [0.25, 0.3) is 0 Å². The number of aryl methyl sites for hydroxylation is 1. The van der Waals surface area contributed by atoms with Crippen LogP contribution in [0.4, 0.5) is 0 Å². The zero-order chi connectivity index (χ0) is 21.8. The van der Waals surface area contributed by atoms with Gasteiger partial charge in [-0.1, -0.05) is 18.2 Å². The van der Waals surface area contributed by atoms with Gasteiger partial charge in [0.2, 0.25) is 0 Å². The lowest BCUT2D eigenvalue weighted by Gasteiger charge is -2.40. The first-order valence-electron chi connectivity index (χ1n) is 11.3. The first kappa shape index (κ1) is 24.8. The van der Waals surface area contributed by atoms with Gasteiger partial charge in [0.25, 0.3) is 0 Å². The number of ether oxygens (including phenoxy) is 2. The molecule has 4 rings (SSSR count). The number of rotatable bonds is 6. The molecule has 1 atom stereocenters. The van der Waals surface area contributed by atoms with Crippen molar-refractivity contribution in [2.75, 3.05) is 20.8 Å². The first-order valence-corrected chi connectivity index (χ1v) is 11.3. The van der Waals surface area contributed by atoms with Gasteiger partial charge in [0.15, 0.2) is 5.96 Å². The molecule has 1 aliphatic carbocycles. The summed E-state index contributed by atoms with van der Waals surface area (Å²) in [5.74, 6) is 1.81. The van der Waals surface area contributed by atoms with E-state index in [2.05, 4.69) is 58.8 Å². The molecule has 0 saturated heterocycles. The molecule has 1 spiro atoms. The molecule has 2 aliphatic rings. The SMILES string of the molecule is CN=C(NCc1c(C)nn(CCOC)c1C)NC1CC2(CCCC2)Oc2ccccc21.I. The lowest BCUT2D eigenvalue weighted by Crippen LogP contribution is -2.46. The standard InChI is InChI=1S/C24H35N5O2.HI/c1-17-20(18(2)29(28-17)13-14-30-4)16-26-23(25-3)27-21-15-24(11-7-8-12-24)31-22-10-6-5-9-19(21)22;/h5-6,9-10,21H,7-8,11-16H2,1-4H3,(H2,25,26,27);1H. The van der Waals surface area contributed by atoms with Crippen molar-refractivity contribution in [1.29, 1.82) is 0 Å². The van der Waals surface area contributed by atoms with E-state index in [1.165, 1.54) is 29.7 Å². The maximum Gasteiger partial charge on any atom is 0.191 e. The Hall–Kier alpha value is -1.81. The Morgan fingerprint density at radius 3 is 2.75 bits per heavy atom. The minimum atomic E-state index is -0.0411. The van der Waals surface area contributed by atoms with Crippen LogP contribution in [0.3, 0.4) is 0 Å². The summed E-state index contributed by atoms with van der Waals surface area (Å²) in [4.78, 5) is 4.51. The highest BCUT2D eigenvalue weighted by Crippen LogP contribution is 2.46. The van der Waals surface area contributed by atoms with Crippen LogP contribution in [0.2, 0.25) is 0 Å². The molecule has 0 amide bonds. The van der Waals surface area contributed by atoms with Gasteiger partial charge in [0, 0.05) is 43.9 Å². The Bertz CT molecular complexity index is 936. The van der Waals surface area contributed by atoms with Crippen LogP contribution in [0.1, 0.15) is 60.7 Å². The fraction of sp³-hybridized carbons (Fsp3) is 0.583. The average molecular weight is 553 g/mol. The number of hydrogen-bond donors (Lipinski definition) is 2. The molecule has 1 saturated carbocycles. The molecule has 1 unspecified atom stereocenters. The molecule has 1 aliphatic heterocycles. The van der Waals surface area contributed by atoms with Crippen LogP contribution >= 0.6 is 24.0 Å². The Kier molecular flexibility index (Phi) is 8.43. The lowest BCUT2D eigenvalue weighted by atomic mass is 9.86. The monoisotopic (exact) mass is 553 g/mol. The fourth-order valence-corrected chi connectivity index (χ4v) is 4.99. The van der Waals surface area contributed by atoms with Gasteiger partial charge in [-0.05, 0) is 45.6 Å². The van der Waals surface area contributed by atoms with Gasteiger partial charge in [0.05, 0.1) is 24.9 Å². The highest BCUT2D eigenvalue weighted by Gasteiger charge is 2.43. The van der Waals surface area contributed by atoms with E-state index >= 15 is 0 Å². The number of methoxy groups -OCH3 is 1. The van der Waals surface area contributed by atoms with Crippen molar-refractivity contribution >= 4 is 29.9 Å². The highest BCUT2D eigenvalue weighted by molar-refractivity contribution is 14.0. The number of para-hydroxylation sites is 1. The van der Waals surface area contributed by atoms with Gasteiger partial charge in [0.1, 0.15) is 11.4 Å². The van der Waals surface area contributed by atoms with E-state index in [9.17, 15) is 0 Å². The first-order chi connectivity index (χ1) is 15.0. The molecular formula is C24H36IN5O2. The molecule has 2 aromatic rings. The van der Waals surface area contributed by atoms with E-state index < -0.39 is 0 Å². The van der Waals surface area contributed by atoms with Crippen LogP contribution in [-0.2, 0) is 17.8 Å². The van der Waals surface area contributed by atoms with Gasteiger partial charge in [-0.2, -0.15) is 5.10 Å². The summed E-state index contributed by atoms with van der Waals surface area (Å²) < 4.78 is 13.7. The summed E-state index contributed by atoms with van der Waals surface area (Å²) in [6.07, 6.45) is 5.72. The second kappa shape index (κ2) is 10.9. The topological polar surface area (TPSA) is 72.7 Å². The molecule has 1 aromatic heterocycles. The van der Waals surface area contributed by atoms with Crippen LogP contribution in [0.15, 0.2) is 29.3 Å². The summed E-state index contributed by atoms with van der Waals surface area (Å²) >= 11 is 0. The molecule has 0 bridgehead atoms. The van der Waals surface area contributed by atoms with Crippen molar-refractivity contribution in [3.8, 4) is 5.75 Å². The quantitative estimate of drug-likeness (QED) is 0.318. The second-order valence-corrected chi connectivity index (χ2v) is 8.72. The second-order valence-electron chi connectivity index (χ2n) is 8.72. The average Bonchev–Trinajstić information content (AvgIpc) is 3.33. The van der Waals surface area contributed by atoms with Gasteiger partial charge >= 0.3 is 0 Å². The molecule has 1 fully saturated rings. The predicted octanol–water partition coefficient (Wildman–Crippen LogP) is 4.27. The summed E-state index contributed by atoms with van der Waals surface area (Å²) in [6, 6.07) is 8.59. The van der Waals surface area contributed by atoms with Crippen molar-refractivity contribution in [2.45, 2.75) is 70.7 Å². The van der Waals surface area contributed by atoms with Crippen molar-refractivity contribution in [3.05, 3.63) is 46.8 Å². The zero-order valence-corrected chi connectivity index (χ0v) is 21.9. The smallest absolute Gasteiger partial charge is 0.191 e. The molecule has 0 radical (unpaired) electrons. The number of nitrogens with zero attached hydrogens (tertiary/aromatic N) is 3. The van der Waals surface area contributed by atoms with Crippen molar-refractivity contribution in [3.63, 3.8) is 0 Å². The number of nitrogens with one attached hydrogen (secondary N) is 2. The van der Waals surface area contributed by atoms with E-state index in [0.717, 1.165) is 43.2 Å². The molecule has 32 heavy (non-hydrogen) atoms. The van der Waals surface area contributed by atoms with E-state index in [1.54, 1.807) is 7.11 Å². The van der Waals surface area contributed by atoms with E-state index in [1.807, 2.05) is 11.7 Å². The van der Waals surface area contributed by atoms with Crippen LogP contribution in [0, 0.1) is 13.8 Å². The van der Waals surface area contributed by atoms with E-state index in [4.69, 9.17) is 9.47 Å². The summed E-state index contributed by atoms with van der Waals surface area (Å²) in [5.41, 5.74) is 4.58. The number of benzene rings is 1. The summed E-state index contributed by atoms with van der Waals surface area (Å²) in [6.45, 7) is 6.27. The van der Waals surface area contributed by atoms with Crippen LogP contribution in [0.5, 0.6) is 5.75 Å². The molecular weight excluding hydrogens is 517 g/mol. The summed E-state index contributed by atoms with van der Waals surface area (Å²) in [5, 5.41) is 11.8. The largest absolute Gasteiger partial charge is 0.487 e. The Morgan fingerprint density at radius 2 is 2.03 bits per heavy atom. The van der Waals surface area contributed by atoms with E-state index in [-0.39, 0.29) is 35.6 Å². The normalized spacial score (nSPS) is 19.2. The molecule has 2 N–H and O–H groups in total. The zero-order valence-electron chi connectivity index (χ0n) is 19.6.